The molecule has 0 aromatic heterocycles. The minimum atomic E-state index is 0.205. The summed E-state index contributed by atoms with van der Waals surface area (Å²) in [5.41, 5.74) is 6.24. The van der Waals surface area contributed by atoms with Crippen LogP contribution < -0.4 is 11.1 Å². The SMILES string of the molecule is COC1CCC(CN)(NC2CCCCC2)CC1. The molecular formula is C14H28N2O. The Morgan fingerprint density at radius 1 is 1.12 bits per heavy atom. The third-order valence-electron chi connectivity index (χ3n) is 4.73. The zero-order valence-electron chi connectivity index (χ0n) is 11.2. The highest BCUT2D eigenvalue weighted by molar-refractivity contribution is 4.96. The number of ether oxygens (including phenoxy) is 1. The average molecular weight is 240 g/mol. The Morgan fingerprint density at radius 3 is 2.29 bits per heavy atom. The summed E-state index contributed by atoms with van der Waals surface area (Å²) in [7, 11) is 1.83. The number of nitrogens with two attached hydrogens (primary N) is 1. The summed E-state index contributed by atoms with van der Waals surface area (Å²) in [5, 5.41) is 3.89. The molecule has 0 spiro atoms. The number of hydrogen-bond donors (Lipinski definition) is 2. The van der Waals surface area contributed by atoms with Crippen molar-refractivity contribution in [3.63, 3.8) is 0 Å². The van der Waals surface area contributed by atoms with Crippen LogP contribution in [0.4, 0.5) is 0 Å². The zero-order valence-corrected chi connectivity index (χ0v) is 11.2. The van der Waals surface area contributed by atoms with Crippen LogP contribution in [0.15, 0.2) is 0 Å². The van der Waals surface area contributed by atoms with Gasteiger partial charge in [-0.3, -0.25) is 0 Å². The Labute approximate surface area is 105 Å². The third kappa shape index (κ3) is 3.43. The Kier molecular flexibility index (Phi) is 4.83. The second-order valence-corrected chi connectivity index (χ2v) is 5.90. The Morgan fingerprint density at radius 2 is 1.76 bits per heavy atom. The molecule has 3 nitrogen and oxygen atoms in total. The predicted octanol–water partition coefficient (Wildman–Crippen LogP) is 2.20. The van der Waals surface area contributed by atoms with Gasteiger partial charge >= 0.3 is 0 Å². The molecule has 0 radical (unpaired) electrons. The Balaban J connectivity index is 1.86. The van der Waals surface area contributed by atoms with Gasteiger partial charge in [0, 0.05) is 25.2 Å². The second kappa shape index (κ2) is 6.17. The van der Waals surface area contributed by atoms with E-state index in [4.69, 9.17) is 10.5 Å². The largest absolute Gasteiger partial charge is 0.381 e. The zero-order chi connectivity index (χ0) is 12.1. The monoisotopic (exact) mass is 240 g/mol. The minimum absolute atomic E-state index is 0.205. The van der Waals surface area contributed by atoms with Crippen molar-refractivity contribution in [1.29, 1.82) is 0 Å². The van der Waals surface area contributed by atoms with E-state index in [0.717, 1.165) is 19.4 Å². The van der Waals surface area contributed by atoms with E-state index in [1.165, 1.54) is 44.9 Å². The molecule has 0 atom stereocenters. The lowest BCUT2D eigenvalue weighted by atomic mass is 9.79. The van der Waals surface area contributed by atoms with Crippen LogP contribution >= 0.6 is 0 Å². The van der Waals surface area contributed by atoms with Crippen LogP contribution in [0.3, 0.4) is 0 Å². The fourth-order valence-electron chi connectivity index (χ4n) is 3.47. The first kappa shape index (κ1) is 13.3. The molecule has 3 N–H and O–H groups in total. The molecule has 0 unspecified atom stereocenters. The molecule has 0 saturated heterocycles. The van der Waals surface area contributed by atoms with Crippen LogP contribution in [-0.2, 0) is 4.74 Å². The fourth-order valence-corrected chi connectivity index (χ4v) is 3.47. The Bertz CT molecular complexity index is 218. The molecular weight excluding hydrogens is 212 g/mol. The third-order valence-corrected chi connectivity index (χ3v) is 4.73. The van der Waals surface area contributed by atoms with E-state index in [-0.39, 0.29) is 5.54 Å². The normalized spacial score (nSPS) is 36.0. The van der Waals surface area contributed by atoms with Gasteiger partial charge in [0.25, 0.3) is 0 Å². The molecule has 2 fully saturated rings. The molecule has 3 heteroatoms. The summed E-state index contributed by atoms with van der Waals surface area (Å²) in [5.74, 6) is 0. The van der Waals surface area contributed by atoms with Gasteiger partial charge in [-0.05, 0) is 38.5 Å². The van der Waals surface area contributed by atoms with E-state index >= 15 is 0 Å². The number of rotatable bonds is 4. The van der Waals surface area contributed by atoms with Crippen molar-refractivity contribution in [3.8, 4) is 0 Å². The maximum atomic E-state index is 6.04. The van der Waals surface area contributed by atoms with Crippen molar-refractivity contribution >= 4 is 0 Å². The van der Waals surface area contributed by atoms with Gasteiger partial charge < -0.3 is 15.8 Å². The molecule has 2 rings (SSSR count). The fraction of sp³-hybridized carbons (Fsp3) is 1.00. The lowest BCUT2D eigenvalue weighted by Gasteiger charge is -2.43. The molecule has 2 aliphatic rings. The van der Waals surface area contributed by atoms with Crippen LogP contribution in [0.2, 0.25) is 0 Å². The van der Waals surface area contributed by atoms with Crippen molar-refractivity contribution in [3.05, 3.63) is 0 Å². The van der Waals surface area contributed by atoms with Crippen molar-refractivity contribution in [2.24, 2.45) is 5.73 Å². The first-order valence-electron chi connectivity index (χ1n) is 7.28. The summed E-state index contributed by atoms with van der Waals surface area (Å²) in [6.07, 6.45) is 12.0. The molecule has 0 aromatic carbocycles. The van der Waals surface area contributed by atoms with Gasteiger partial charge in [-0.1, -0.05) is 19.3 Å². The van der Waals surface area contributed by atoms with E-state index in [2.05, 4.69) is 5.32 Å². The van der Waals surface area contributed by atoms with Crippen LogP contribution in [-0.4, -0.2) is 31.3 Å². The first-order valence-corrected chi connectivity index (χ1v) is 7.28. The predicted molar refractivity (Wildman–Crippen MR) is 71.1 cm³/mol. The highest BCUT2D eigenvalue weighted by Crippen LogP contribution is 2.31. The topological polar surface area (TPSA) is 47.3 Å². The van der Waals surface area contributed by atoms with E-state index in [1.807, 2.05) is 7.11 Å². The van der Waals surface area contributed by atoms with Gasteiger partial charge in [-0.25, -0.2) is 0 Å². The van der Waals surface area contributed by atoms with Gasteiger partial charge in [0.1, 0.15) is 0 Å². The van der Waals surface area contributed by atoms with Crippen LogP contribution in [0.5, 0.6) is 0 Å². The molecule has 2 saturated carbocycles. The lowest BCUT2D eigenvalue weighted by Crippen LogP contribution is -2.57. The molecule has 0 aliphatic heterocycles. The summed E-state index contributed by atoms with van der Waals surface area (Å²) in [6, 6.07) is 0.714. The molecule has 0 aromatic rings. The number of hydrogen-bond acceptors (Lipinski definition) is 3. The molecule has 17 heavy (non-hydrogen) atoms. The first-order chi connectivity index (χ1) is 8.28. The highest BCUT2D eigenvalue weighted by Gasteiger charge is 2.35. The lowest BCUT2D eigenvalue weighted by molar-refractivity contribution is 0.0387. The van der Waals surface area contributed by atoms with Crippen LogP contribution in [0, 0.1) is 0 Å². The highest BCUT2D eigenvalue weighted by atomic mass is 16.5. The molecule has 2 aliphatic carbocycles. The van der Waals surface area contributed by atoms with Gasteiger partial charge in [-0.2, -0.15) is 0 Å². The van der Waals surface area contributed by atoms with Crippen LogP contribution in [0.25, 0.3) is 0 Å². The van der Waals surface area contributed by atoms with Gasteiger partial charge in [0.05, 0.1) is 6.10 Å². The minimum Gasteiger partial charge on any atom is -0.381 e. The van der Waals surface area contributed by atoms with Gasteiger partial charge in [-0.15, -0.1) is 0 Å². The average Bonchev–Trinajstić information content (AvgIpc) is 2.41. The molecule has 0 heterocycles. The van der Waals surface area contributed by atoms with Gasteiger partial charge in [0.15, 0.2) is 0 Å². The maximum Gasteiger partial charge on any atom is 0.0572 e. The summed E-state index contributed by atoms with van der Waals surface area (Å²) in [4.78, 5) is 0. The van der Waals surface area contributed by atoms with E-state index in [9.17, 15) is 0 Å². The van der Waals surface area contributed by atoms with E-state index in [1.54, 1.807) is 0 Å². The number of nitrogens with one attached hydrogen (secondary N) is 1. The molecule has 100 valence electrons. The Hall–Kier alpha value is -0.120. The smallest absolute Gasteiger partial charge is 0.0572 e. The molecule has 0 bridgehead atoms. The summed E-state index contributed by atoms with van der Waals surface area (Å²) >= 11 is 0. The maximum absolute atomic E-state index is 6.04. The molecule has 0 amide bonds. The quantitative estimate of drug-likeness (QED) is 0.792. The van der Waals surface area contributed by atoms with Crippen LogP contribution in [0.1, 0.15) is 57.8 Å². The van der Waals surface area contributed by atoms with Crippen molar-refractivity contribution in [2.45, 2.75) is 75.5 Å². The van der Waals surface area contributed by atoms with Crippen molar-refractivity contribution < 1.29 is 4.74 Å². The van der Waals surface area contributed by atoms with E-state index < -0.39 is 0 Å². The number of methoxy groups -OCH3 is 1. The van der Waals surface area contributed by atoms with E-state index in [0.29, 0.717) is 12.1 Å². The van der Waals surface area contributed by atoms with Gasteiger partial charge in [0.2, 0.25) is 0 Å². The van der Waals surface area contributed by atoms with Crippen molar-refractivity contribution in [1.82, 2.24) is 5.32 Å². The van der Waals surface area contributed by atoms with Crippen molar-refractivity contribution in [2.75, 3.05) is 13.7 Å². The summed E-state index contributed by atoms with van der Waals surface area (Å²) in [6.45, 7) is 0.778. The second-order valence-electron chi connectivity index (χ2n) is 5.90. The summed E-state index contributed by atoms with van der Waals surface area (Å²) < 4.78 is 5.45. The standard InChI is InChI=1S/C14H28N2O/c1-17-13-7-9-14(11-15,10-8-13)16-12-5-3-2-4-6-12/h12-13,16H,2-11,15H2,1H3.